The highest BCUT2D eigenvalue weighted by Gasteiger charge is 2.24. The van der Waals surface area contributed by atoms with E-state index in [4.69, 9.17) is 0 Å². The number of para-hydroxylation sites is 1. The Bertz CT molecular complexity index is 1210. The highest BCUT2D eigenvalue weighted by molar-refractivity contribution is 5.86. The lowest BCUT2D eigenvalue weighted by Gasteiger charge is -2.24. The van der Waals surface area contributed by atoms with Crippen molar-refractivity contribution in [1.82, 2.24) is 15.3 Å². The molecule has 0 saturated carbocycles. The first-order chi connectivity index (χ1) is 16.0. The van der Waals surface area contributed by atoms with Gasteiger partial charge >= 0.3 is 0 Å². The van der Waals surface area contributed by atoms with Crippen molar-refractivity contribution >= 4 is 16.6 Å². The van der Waals surface area contributed by atoms with Crippen molar-refractivity contribution in [3.05, 3.63) is 82.5 Å². The standard InChI is InChI=1S/C29H36N4/c1-18(2)23-6-5-7-24-21(17-32-29(23)24)12-14-30-26-11-9-22(16-20(26)4)33-27-13-15-31-28-19(3)8-10-25(27)28/h5-7,9,11,13,15,17-19,22,30,32H,8,10,12,14,16H2,1-4H3,(H,31,33). The van der Waals surface area contributed by atoms with Crippen molar-refractivity contribution in [3.8, 4) is 0 Å². The fourth-order valence-electron chi connectivity index (χ4n) is 5.46. The third-order valence-electron chi connectivity index (χ3n) is 7.37. The summed E-state index contributed by atoms with van der Waals surface area (Å²) in [7, 11) is 0. The van der Waals surface area contributed by atoms with Crippen LogP contribution in [0.15, 0.2) is 60.1 Å². The third-order valence-corrected chi connectivity index (χ3v) is 7.37. The van der Waals surface area contributed by atoms with E-state index in [0.29, 0.717) is 17.9 Å². The SMILES string of the molecule is CC1=C(NCCc2c[nH]c3c(C(C)C)cccc23)C=CC(Nc2ccnc3c2CCC3C)C1. The molecule has 2 atom stereocenters. The molecule has 2 aliphatic rings. The van der Waals surface area contributed by atoms with Crippen LogP contribution < -0.4 is 10.6 Å². The largest absolute Gasteiger partial charge is 0.385 e. The number of aromatic amines is 1. The van der Waals surface area contributed by atoms with Crippen molar-refractivity contribution in [1.29, 1.82) is 0 Å². The zero-order valence-corrected chi connectivity index (χ0v) is 20.3. The maximum absolute atomic E-state index is 4.63. The number of rotatable bonds is 7. The first kappa shape index (κ1) is 21.8. The monoisotopic (exact) mass is 440 g/mol. The van der Waals surface area contributed by atoms with Gasteiger partial charge in [0.05, 0.1) is 0 Å². The van der Waals surface area contributed by atoms with Gasteiger partial charge in [0.1, 0.15) is 0 Å². The van der Waals surface area contributed by atoms with E-state index in [1.54, 1.807) is 0 Å². The number of pyridine rings is 1. The molecule has 0 saturated heterocycles. The molecule has 0 amide bonds. The smallest absolute Gasteiger partial charge is 0.0491 e. The second-order valence-electron chi connectivity index (χ2n) is 10.1. The molecule has 0 bridgehead atoms. The van der Waals surface area contributed by atoms with Crippen LogP contribution in [0.4, 0.5) is 5.69 Å². The van der Waals surface area contributed by atoms with E-state index in [0.717, 1.165) is 25.8 Å². The zero-order chi connectivity index (χ0) is 22.9. The van der Waals surface area contributed by atoms with Gasteiger partial charge in [0, 0.05) is 53.0 Å². The number of nitrogens with one attached hydrogen (secondary N) is 3. The number of anilines is 1. The second-order valence-corrected chi connectivity index (χ2v) is 10.1. The zero-order valence-electron chi connectivity index (χ0n) is 20.3. The maximum atomic E-state index is 4.63. The van der Waals surface area contributed by atoms with Crippen LogP contribution in [0.25, 0.3) is 10.9 Å². The van der Waals surface area contributed by atoms with Gasteiger partial charge in [-0.05, 0) is 78.8 Å². The van der Waals surface area contributed by atoms with Crippen molar-refractivity contribution in [2.75, 3.05) is 11.9 Å². The Kier molecular flexibility index (Phi) is 6.01. The summed E-state index contributed by atoms with van der Waals surface area (Å²) in [5, 5.41) is 8.82. The molecule has 0 fully saturated rings. The van der Waals surface area contributed by atoms with E-state index in [9.17, 15) is 0 Å². The fourth-order valence-corrected chi connectivity index (χ4v) is 5.46. The molecular formula is C29H36N4. The first-order valence-electron chi connectivity index (χ1n) is 12.5. The summed E-state index contributed by atoms with van der Waals surface area (Å²) < 4.78 is 0. The Morgan fingerprint density at radius 1 is 1.21 bits per heavy atom. The van der Waals surface area contributed by atoms with Crippen molar-refractivity contribution in [2.45, 2.75) is 71.3 Å². The van der Waals surface area contributed by atoms with Gasteiger partial charge in [-0.25, -0.2) is 0 Å². The number of aromatic nitrogens is 2. The third kappa shape index (κ3) is 4.31. The van der Waals surface area contributed by atoms with Gasteiger partial charge < -0.3 is 15.6 Å². The summed E-state index contributed by atoms with van der Waals surface area (Å²) in [4.78, 5) is 8.15. The van der Waals surface area contributed by atoms with E-state index in [-0.39, 0.29) is 0 Å². The van der Waals surface area contributed by atoms with Crippen LogP contribution in [0, 0.1) is 0 Å². The number of hydrogen-bond donors (Lipinski definition) is 3. The Morgan fingerprint density at radius 2 is 2.09 bits per heavy atom. The number of nitrogens with zero attached hydrogens (tertiary/aromatic N) is 1. The number of H-pyrrole nitrogens is 1. The van der Waals surface area contributed by atoms with Crippen molar-refractivity contribution in [2.24, 2.45) is 0 Å². The molecule has 4 nitrogen and oxygen atoms in total. The maximum Gasteiger partial charge on any atom is 0.0491 e. The molecule has 2 aromatic heterocycles. The fraction of sp³-hybridized carbons (Fsp3) is 0.414. The summed E-state index contributed by atoms with van der Waals surface area (Å²) in [6.07, 6.45) is 13.1. The molecule has 3 N–H and O–H groups in total. The van der Waals surface area contributed by atoms with Gasteiger partial charge in [0.15, 0.2) is 0 Å². The molecule has 2 heterocycles. The Morgan fingerprint density at radius 3 is 2.91 bits per heavy atom. The Balaban J connectivity index is 1.20. The molecule has 172 valence electrons. The highest BCUT2D eigenvalue weighted by Crippen LogP contribution is 2.36. The minimum absolute atomic E-state index is 0.334. The van der Waals surface area contributed by atoms with Gasteiger partial charge in [0.2, 0.25) is 0 Å². The molecule has 5 rings (SSSR count). The predicted octanol–water partition coefficient (Wildman–Crippen LogP) is 6.58. The average molecular weight is 441 g/mol. The van der Waals surface area contributed by atoms with E-state index < -0.39 is 0 Å². The van der Waals surface area contributed by atoms with Gasteiger partial charge in [-0.2, -0.15) is 0 Å². The molecular weight excluding hydrogens is 404 g/mol. The van der Waals surface area contributed by atoms with Gasteiger partial charge in [-0.3, -0.25) is 4.98 Å². The summed E-state index contributed by atoms with van der Waals surface area (Å²) in [5.74, 6) is 1.10. The predicted molar refractivity (Wildman–Crippen MR) is 139 cm³/mol. The van der Waals surface area contributed by atoms with Gasteiger partial charge in [-0.15, -0.1) is 0 Å². The first-order valence-corrected chi connectivity index (χ1v) is 12.5. The topological polar surface area (TPSA) is 52.7 Å². The molecule has 2 aliphatic carbocycles. The van der Waals surface area contributed by atoms with Crippen LogP contribution in [0.3, 0.4) is 0 Å². The van der Waals surface area contributed by atoms with E-state index >= 15 is 0 Å². The summed E-state index contributed by atoms with van der Waals surface area (Å²) in [5.41, 5.74) is 10.7. The van der Waals surface area contributed by atoms with Crippen LogP contribution in [-0.4, -0.2) is 22.6 Å². The Labute approximate surface area is 197 Å². The van der Waals surface area contributed by atoms with Crippen molar-refractivity contribution in [3.63, 3.8) is 0 Å². The Hall–Kier alpha value is -3.01. The summed E-state index contributed by atoms with van der Waals surface area (Å²) >= 11 is 0. The number of hydrogen-bond acceptors (Lipinski definition) is 3. The lowest BCUT2D eigenvalue weighted by atomic mass is 9.98. The van der Waals surface area contributed by atoms with E-state index in [1.807, 2.05) is 6.20 Å². The van der Waals surface area contributed by atoms with E-state index in [2.05, 4.69) is 90.9 Å². The molecule has 0 radical (unpaired) electrons. The number of fused-ring (bicyclic) bond motifs is 2. The van der Waals surface area contributed by atoms with Crippen molar-refractivity contribution < 1.29 is 0 Å². The lowest BCUT2D eigenvalue weighted by molar-refractivity contribution is 0.731. The van der Waals surface area contributed by atoms with Crippen LogP contribution in [0.5, 0.6) is 0 Å². The summed E-state index contributed by atoms with van der Waals surface area (Å²) in [6.45, 7) is 9.98. The highest BCUT2D eigenvalue weighted by atomic mass is 14.9. The molecule has 0 spiro atoms. The molecule has 1 aromatic carbocycles. The van der Waals surface area contributed by atoms with Gasteiger partial charge in [0.25, 0.3) is 0 Å². The second kappa shape index (κ2) is 9.09. The number of benzene rings is 1. The number of allylic oxidation sites excluding steroid dienone is 1. The molecule has 3 aromatic rings. The quantitative estimate of drug-likeness (QED) is 0.389. The lowest BCUT2D eigenvalue weighted by Crippen LogP contribution is -2.25. The van der Waals surface area contributed by atoms with Crippen LogP contribution in [0.1, 0.15) is 74.8 Å². The van der Waals surface area contributed by atoms with Crippen LogP contribution in [-0.2, 0) is 12.8 Å². The van der Waals surface area contributed by atoms with Crippen LogP contribution in [0.2, 0.25) is 0 Å². The molecule has 0 aliphatic heterocycles. The average Bonchev–Trinajstić information content (AvgIpc) is 3.39. The van der Waals surface area contributed by atoms with E-state index in [1.165, 1.54) is 56.7 Å². The minimum atomic E-state index is 0.334. The normalized spacial score (nSPS) is 20.0. The summed E-state index contributed by atoms with van der Waals surface area (Å²) in [6, 6.07) is 9.14. The molecule has 33 heavy (non-hydrogen) atoms. The van der Waals surface area contributed by atoms with Crippen LogP contribution >= 0.6 is 0 Å². The van der Waals surface area contributed by atoms with Gasteiger partial charge in [-0.1, -0.05) is 45.0 Å². The molecule has 4 heteroatoms. The molecule has 2 unspecified atom stereocenters. The minimum Gasteiger partial charge on any atom is -0.385 e.